The molecule has 2 aliphatic heterocycles. The van der Waals surface area contributed by atoms with E-state index in [9.17, 15) is 19.2 Å². The molecule has 12 heteroatoms. The number of unbranched alkanes of at least 4 members (excludes halogenated alkanes) is 2. The van der Waals surface area contributed by atoms with Crippen LogP contribution >= 0.6 is 23.5 Å². The van der Waals surface area contributed by atoms with Crippen LogP contribution in [0.4, 0.5) is 0 Å². The van der Waals surface area contributed by atoms with Crippen molar-refractivity contribution >= 4 is 35.3 Å². The first kappa shape index (κ1) is 36.7. The van der Waals surface area contributed by atoms with Gasteiger partial charge in [-0.25, -0.2) is 9.97 Å². The van der Waals surface area contributed by atoms with Crippen molar-refractivity contribution in [2.45, 2.75) is 158 Å². The number of hydrogen-bond acceptors (Lipinski definition) is 8. The van der Waals surface area contributed by atoms with Crippen LogP contribution in [-0.2, 0) is 6.54 Å². The maximum Gasteiger partial charge on any atom is 0.267 e. The van der Waals surface area contributed by atoms with Crippen LogP contribution in [-0.4, -0.2) is 54.0 Å². The second-order valence-electron chi connectivity index (χ2n) is 14.3. The molecule has 2 amide bonds. The molecule has 0 radical (unpaired) electrons. The van der Waals surface area contributed by atoms with Crippen LogP contribution in [0.3, 0.4) is 0 Å². The molecular weight excluding hydrogens is 645 g/mol. The quantitative estimate of drug-likeness (QED) is 0.266. The molecule has 2 fully saturated rings. The van der Waals surface area contributed by atoms with Crippen molar-refractivity contribution in [2.24, 2.45) is 11.8 Å². The van der Waals surface area contributed by atoms with Gasteiger partial charge >= 0.3 is 0 Å². The highest BCUT2D eigenvalue weighted by molar-refractivity contribution is 8.00. The SMILES string of the molecule is CCCCC1CCC(NC(=O)c2cnc3n(c2=O)C(C)CS3)CC1.CCCCC1CCC(NC(=O)c2cnc3n(c2=O)CC(C)S3)CC1. The molecule has 0 aromatic carbocycles. The Kier molecular flexibility index (Phi) is 13.3. The van der Waals surface area contributed by atoms with Crippen LogP contribution < -0.4 is 21.8 Å². The average molecular weight is 699 g/mol. The molecule has 4 aliphatic rings. The summed E-state index contributed by atoms with van der Waals surface area (Å²) in [6, 6.07) is 0.493. The van der Waals surface area contributed by atoms with Gasteiger partial charge < -0.3 is 10.6 Å². The molecule has 4 heterocycles. The van der Waals surface area contributed by atoms with E-state index in [1.54, 1.807) is 32.7 Å². The monoisotopic (exact) mass is 698 g/mol. The number of nitrogens with zero attached hydrogens (tertiary/aromatic N) is 4. The first-order chi connectivity index (χ1) is 23.2. The Labute approximate surface area is 293 Å². The Morgan fingerprint density at radius 3 is 1.79 bits per heavy atom. The minimum Gasteiger partial charge on any atom is -0.349 e. The second kappa shape index (κ2) is 17.4. The summed E-state index contributed by atoms with van der Waals surface area (Å²) in [7, 11) is 0. The van der Waals surface area contributed by atoms with Gasteiger partial charge in [0.25, 0.3) is 22.9 Å². The number of aromatic nitrogens is 4. The van der Waals surface area contributed by atoms with Gasteiger partial charge in [0.05, 0.1) is 0 Å². The van der Waals surface area contributed by atoms with E-state index < -0.39 is 0 Å². The van der Waals surface area contributed by atoms with Crippen molar-refractivity contribution in [1.29, 1.82) is 0 Å². The first-order valence-electron chi connectivity index (χ1n) is 18.3. The molecule has 2 saturated carbocycles. The Balaban J connectivity index is 0.000000188. The van der Waals surface area contributed by atoms with Crippen LogP contribution in [0.2, 0.25) is 0 Å². The van der Waals surface area contributed by atoms with Gasteiger partial charge in [-0.15, -0.1) is 0 Å². The molecule has 2 aromatic heterocycles. The molecule has 0 spiro atoms. The Morgan fingerprint density at radius 1 is 0.771 bits per heavy atom. The Bertz CT molecular complexity index is 1530. The molecule has 264 valence electrons. The summed E-state index contributed by atoms with van der Waals surface area (Å²) < 4.78 is 3.28. The fourth-order valence-corrected chi connectivity index (χ4v) is 9.49. The van der Waals surface area contributed by atoms with Crippen LogP contribution in [0, 0.1) is 11.8 Å². The number of amides is 2. The lowest BCUT2D eigenvalue weighted by Crippen LogP contribution is -2.41. The fraction of sp³-hybridized carbons (Fsp3) is 0.722. The molecule has 10 nitrogen and oxygen atoms in total. The van der Waals surface area contributed by atoms with Crippen molar-refractivity contribution in [3.63, 3.8) is 0 Å². The largest absolute Gasteiger partial charge is 0.349 e. The van der Waals surface area contributed by atoms with Crippen LogP contribution in [0.5, 0.6) is 0 Å². The highest BCUT2D eigenvalue weighted by Crippen LogP contribution is 2.31. The van der Waals surface area contributed by atoms with Crippen molar-refractivity contribution in [3.05, 3.63) is 44.2 Å². The van der Waals surface area contributed by atoms with E-state index in [-0.39, 0.29) is 52.2 Å². The lowest BCUT2D eigenvalue weighted by molar-refractivity contribution is 0.0909. The lowest BCUT2D eigenvalue weighted by atomic mass is 9.83. The normalized spacial score (nSPS) is 26.2. The standard InChI is InChI=1S/2C18H27N3O2S/c1-3-4-5-13-6-8-14(9-7-13)20-16(22)15-10-19-18-21(17(15)23)12(2)11-24-18;1-3-4-5-13-6-8-14(9-7-13)20-16(22)15-10-19-18-21(17(15)23)11-12(2)24-18/h2*10,12-14H,3-9,11H2,1-2H3,(H,20,22). The molecule has 6 rings (SSSR count). The smallest absolute Gasteiger partial charge is 0.267 e. The van der Waals surface area contributed by atoms with Crippen LogP contribution in [0.1, 0.15) is 144 Å². The molecule has 2 aromatic rings. The third kappa shape index (κ3) is 9.14. The number of nitrogens with one attached hydrogen (secondary N) is 2. The van der Waals surface area contributed by atoms with Gasteiger partial charge in [0.15, 0.2) is 10.3 Å². The van der Waals surface area contributed by atoms with E-state index in [1.807, 2.05) is 6.92 Å². The topological polar surface area (TPSA) is 128 Å². The fourth-order valence-electron chi connectivity index (χ4n) is 7.44. The van der Waals surface area contributed by atoms with Gasteiger partial charge in [-0.1, -0.05) is 82.8 Å². The summed E-state index contributed by atoms with van der Waals surface area (Å²) in [4.78, 5) is 58.7. The van der Waals surface area contributed by atoms with Crippen molar-refractivity contribution in [2.75, 3.05) is 5.75 Å². The molecule has 2 N–H and O–H groups in total. The van der Waals surface area contributed by atoms with E-state index >= 15 is 0 Å². The number of rotatable bonds is 10. The molecule has 0 saturated heterocycles. The van der Waals surface area contributed by atoms with Gasteiger partial charge in [0, 0.05) is 48.1 Å². The van der Waals surface area contributed by atoms with Gasteiger partial charge in [-0.3, -0.25) is 28.3 Å². The van der Waals surface area contributed by atoms with Crippen molar-refractivity contribution in [1.82, 2.24) is 29.7 Å². The highest BCUT2D eigenvalue weighted by atomic mass is 32.2. The second-order valence-corrected chi connectivity index (χ2v) is 16.6. The molecule has 2 aliphatic carbocycles. The minimum atomic E-state index is -0.260. The molecule has 2 atom stereocenters. The predicted molar refractivity (Wildman–Crippen MR) is 193 cm³/mol. The molecular formula is C36H54N6O4S2. The van der Waals surface area contributed by atoms with E-state index in [0.29, 0.717) is 11.8 Å². The first-order valence-corrected chi connectivity index (χ1v) is 20.2. The number of hydrogen-bond donors (Lipinski definition) is 2. The van der Waals surface area contributed by atoms with Gasteiger partial charge in [0.1, 0.15) is 11.1 Å². The summed E-state index contributed by atoms with van der Waals surface area (Å²) in [6.07, 6.45) is 19.4. The van der Waals surface area contributed by atoms with Gasteiger partial charge in [0.2, 0.25) is 0 Å². The van der Waals surface area contributed by atoms with Crippen LogP contribution in [0.15, 0.2) is 32.3 Å². The predicted octanol–water partition coefficient (Wildman–Crippen LogP) is 6.61. The Hall–Kier alpha value is -2.60. The third-order valence-corrected chi connectivity index (χ3v) is 12.7. The van der Waals surface area contributed by atoms with Crippen LogP contribution in [0.25, 0.3) is 0 Å². The lowest BCUT2D eigenvalue weighted by Gasteiger charge is -2.29. The average Bonchev–Trinajstić information content (AvgIpc) is 3.67. The van der Waals surface area contributed by atoms with Crippen molar-refractivity contribution < 1.29 is 9.59 Å². The highest BCUT2D eigenvalue weighted by Gasteiger charge is 2.29. The minimum absolute atomic E-state index is 0.103. The number of carbonyl (C=O) groups excluding carboxylic acids is 2. The van der Waals surface area contributed by atoms with E-state index in [0.717, 1.165) is 53.6 Å². The summed E-state index contributed by atoms with van der Waals surface area (Å²) >= 11 is 3.16. The zero-order chi connectivity index (χ0) is 34.2. The summed E-state index contributed by atoms with van der Waals surface area (Å²) in [5, 5.41) is 7.90. The number of carbonyl (C=O) groups is 2. The van der Waals surface area contributed by atoms with E-state index in [2.05, 4.69) is 41.4 Å². The van der Waals surface area contributed by atoms with E-state index in [4.69, 9.17) is 0 Å². The van der Waals surface area contributed by atoms with E-state index in [1.165, 1.54) is 76.6 Å². The summed E-state index contributed by atoms with van der Waals surface area (Å²) in [5.74, 6) is 1.94. The number of thioether (sulfide) groups is 2. The third-order valence-electron chi connectivity index (χ3n) is 10.4. The zero-order valence-electron chi connectivity index (χ0n) is 29.2. The maximum atomic E-state index is 12.6. The number of fused-ring (bicyclic) bond motifs is 2. The Morgan fingerprint density at radius 2 is 1.27 bits per heavy atom. The molecule has 2 unspecified atom stereocenters. The summed E-state index contributed by atoms with van der Waals surface area (Å²) in [6.45, 7) is 9.15. The summed E-state index contributed by atoms with van der Waals surface area (Å²) in [5.41, 5.74) is -0.0413. The van der Waals surface area contributed by atoms with Gasteiger partial charge in [-0.05, 0) is 70.1 Å². The zero-order valence-corrected chi connectivity index (χ0v) is 30.8. The molecule has 0 bridgehead atoms. The molecule has 48 heavy (non-hydrogen) atoms. The van der Waals surface area contributed by atoms with Gasteiger partial charge in [-0.2, -0.15) is 0 Å². The maximum absolute atomic E-state index is 12.6. The van der Waals surface area contributed by atoms with Crippen molar-refractivity contribution in [3.8, 4) is 0 Å².